The summed E-state index contributed by atoms with van der Waals surface area (Å²) in [6.07, 6.45) is 0. The van der Waals surface area contributed by atoms with Crippen molar-refractivity contribution in [1.29, 1.82) is 0 Å². The summed E-state index contributed by atoms with van der Waals surface area (Å²) in [5.74, 6) is 1.13. The van der Waals surface area contributed by atoms with Crippen molar-refractivity contribution in [2.75, 3.05) is 5.32 Å². The molecule has 2 N–H and O–H groups in total. The van der Waals surface area contributed by atoms with Crippen molar-refractivity contribution >= 4 is 23.4 Å². The maximum Gasteiger partial charge on any atom is 0.237 e. The third-order valence-electron chi connectivity index (χ3n) is 3.67. The van der Waals surface area contributed by atoms with Crippen molar-refractivity contribution < 1.29 is 4.79 Å². The molecule has 0 aliphatic heterocycles. The fraction of sp³-hybridized carbons (Fsp3) is 0.500. The van der Waals surface area contributed by atoms with Gasteiger partial charge in [-0.1, -0.05) is 64.6 Å². The quantitative estimate of drug-likeness (QED) is 0.790. The molecule has 0 unspecified atom stereocenters. The van der Waals surface area contributed by atoms with Crippen molar-refractivity contribution in [1.82, 2.24) is 15.2 Å². The van der Waals surface area contributed by atoms with Crippen LogP contribution in [0.4, 0.5) is 5.69 Å². The Hall–Kier alpha value is -1.82. The lowest BCUT2D eigenvalue weighted by molar-refractivity contribution is -0.115. The molecule has 24 heavy (non-hydrogen) atoms. The van der Waals surface area contributed by atoms with Crippen LogP contribution in [0.25, 0.3) is 0 Å². The Labute approximate surface area is 148 Å². The van der Waals surface area contributed by atoms with Gasteiger partial charge in [0.2, 0.25) is 11.1 Å². The number of benzene rings is 1. The van der Waals surface area contributed by atoms with E-state index in [1.807, 2.05) is 31.2 Å². The van der Waals surface area contributed by atoms with Crippen molar-refractivity contribution in [2.45, 2.75) is 63.3 Å². The first-order chi connectivity index (χ1) is 11.2. The molecule has 1 aromatic heterocycles. The first-order valence-electron chi connectivity index (χ1n) is 8.18. The third-order valence-corrected chi connectivity index (χ3v) is 4.63. The summed E-state index contributed by atoms with van der Waals surface area (Å²) >= 11 is 1.36. The molecule has 1 atom stereocenters. The van der Waals surface area contributed by atoms with Crippen LogP contribution in [-0.2, 0) is 10.2 Å². The van der Waals surface area contributed by atoms with Crippen LogP contribution < -0.4 is 5.32 Å². The molecule has 0 aliphatic rings. The van der Waals surface area contributed by atoms with Gasteiger partial charge in [0, 0.05) is 11.1 Å². The van der Waals surface area contributed by atoms with Crippen LogP contribution in [0.5, 0.6) is 0 Å². The van der Waals surface area contributed by atoms with E-state index < -0.39 is 0 Å². The number of aromatic nitrogens is 3. The van der Waals surface area contributed by atoms with Gasteiger partial charge in [0.15, 0.2) is 0 Å². The first kappa shape index (κ1) is 18.5. The number of nitrogens with zero attached hydrogens (tertiary/aromatic N) is 2. The van der Waals surface area contributed by atoms with Crippen molar-refractivity contribution in [3.05, 3.63) is 35.7 Å². The number of aromatic amines is 1. The van der Waals surface area contributed by atoms with Crippen LogP contribution in [0.3, 0.4) is 0 Å². The Kier molecular flexibility index (Phi) is 5.70. The zero-order valence-electron chi connectivity index (χ0n) is 15.2. The van der Waals surface area contributed by atoms with Gasteiger partial charge in [0.1, 0.15) is 5.82 Å². The van der Waals surface area contributed by atoms with Crippen molar-refractivity contribution in [3.63, 3.8) is 0 Å². The van der Waals surface area contributed by atoms with E-state index in [9.17, 15) is 4.79 Å². The smallest absolute Gasteiger partial charge is 0.237 e. The van der Waals surface area contributed by atoms with Crippen molar-refractivity contribution in [3.8, 4) is 0 Å². The van der Waals surface area contributed by atoms with Crippen LogP contribution in [-0.4, -0.2) is 26.3 Å². The summed E-state index contributed by atoms with van der Waals surface area (Å²) in [7, 11) is 0. The number of hydrogen-bond acceptors (Lipinski definition) is 4. The zero-order valence-corrected chi connectivity index (χ0v) is 16.0. The summed E-state index contributed by atoms with van der Waals surface area (Å²) in [6, 6.07) is 7.91. The van der Waals surface area contributed by atoms with Crippen LogP contribution in [0.1, 0.15) is 58.8 Å². The molecule has 0 fully saturated rings. The summed E-state index contributed by atoms with van der Waals surface area (Å²) in [5.41, 5.74) is 1.92. The van der Waals surface area contributed by atoms with Crippen LogP contribution >= 0.6 is 11.8 Å². The molecule has 0 spiro atoms. The number of thioether (sulfide) groups is 1. The minimum Gasteiger partial charge on any atom is -0.325 e. The lowest BCUT2D eigenvalue weighted by atomic mass is 9.96. The molecule has 5 nitrogen and oxygen atoms in total. The average molecular weight is 347 g/mol. The maximum absolute atomic E-state index is 12.5. The summed E-state index contributed by atoms with van der Waals surface area (Å²) in [5, 5.41) is 10.5. The highest BCUT2D eigenvalue weighted by molar-refractivity contribution is 8.00. The van der Waals surface area contributed by atoms with E-state index in [1.54, 1.807) is 0 Å². The zero-order chi connectivity index (χ0) is 17.9. The van der Waals surface area contributed by atoms with Gasteiger partial charge in [-0.05, 0) is 24.5 Å². The molecule has 0 saturated heterocycles. The standard InChI is InChI=1S/C18H26N4OS/c1-11(2)13-9-7-8-10-14(13)19-15(23)12(3)24-17-20-16(21-22-17)18(4,5)6/h7-12H,1-6H3,(H,19,23)(H,20,21,22)/t12-/m1/s1. The normalized spacial score (nSPS) is 13.1. The molecule has 0 bridgehead atoms. The van der Waals surface area contributed by atoms with Gasteiger partial charge in [-0.15, -0.1) is 5.10 Å². The predicted molar refractivity (Wildman–Crippen MR) is 99.6 cm³/mol. The van der Waals surface area contributed by atoms with E-state index in [2.05, 4.69) is 55.1 Å². The molecule has 2 rings (SSSR count). The fourth-order valence-electron chi connectivity index (χ4n) is 2.19. The maximum atomic E-state index is 12.5. The third kappa shape index (κ3) is 4.60. The number of nitrogens with one attached hydrogen (secondary N) is 2. The first-order valence-corrected chi connectivity index (χ1v) is 9.05. The lowest BCUT2D eigenvalue weighted by Crippen LogP contribution is -2.23. The van der Waals surface area contributed by atoms with E-state index in [4.69, 9.17) is 0 Å². The van der Waals surface area contributed by atoms with Gasteiger partial charge >= 0.3 is 0 Å². The minimum absolute atomic E-state index is 0.0461. The summed E-state index contributed by atoms with van der Waals surface area (Å²) < 4.78 is 0. The van der Waals surface area contributed by atoms with E-state index in [-0.39, 0.29) is 16.6 Å². The van der Waals surface area contributed by atoms with Crippen LogP contribution in [0, 0.1) is 0 Å². The molecule has 0 aliphatic carbocycles. The number of amides is 1. The Balaban J connectivity index is 2.04. The predicted octanol–water partition coefficient (Wildman–Crippen LogP) is 4.34. The van der Waals surface area contributed by atoms with E-state index >= 15 is 0 Å². The van der Waals surface area contributed by atoms with Gasteiger partial charge in [0.05, 0.1) is 5.25 Å². The van der Waals surface area contributed by atoms with Crippen molar-refractivity contribution in [2.24, 2.45) is 0 Å². The number of carbonyl (C=O) groups excluding carboxylic acids is 1. The van der Waals surface area contributed by atoms with Gasteiger partial charge in [-0.3, -0.25) is 9.89 Å². The van der Waals surface area contributed by atoms with Gasteiger partial charge < -0.3 is 5.32 Å². The topological polar surface area (TPSA) is 70.7 Å². The highest BCUT2D eigenvalue weighted by atomic mass is 32.2. The van der Waals surface area contributed by atoms with E-state index in [0.717, 1.165) is 17.1 Å². The fourth-order valence-corrected chi connectivity index (χ4v) is 2.92. The second kappa shape index (κ2) is 7.38. The SMILES string of the molecule is CC(C)c1ccccc1NC(=O)[C@@H](C)Sc1n[nH]c(C(C)(C)C)n1. The van der Waals surface area contributed by atoms with E-state index in [0.29, 0.717) is 11.1 Å². The molecule has 1 heterocycles. The molecule has 6 heteroatoms. The van der Waals surface area contributed by atoms with E-state index in [1.165, 1.54) is 11.8 Å². The average Bonchev–Trinajstić information content (AvgIpc) is 2.96. The number of H-pyrrole nitrogens is 1. The largest absolute Gasteiger partial charge is 0.325 e. The molecule has 130 valence electrons. The molecule has 0 radical (unpaired) electrons. The van der Waals surface area contributed by atoms with Gasteiger partial charge in [0.25, 0.3) is 0 Å². The summed E-state index contributed by atoms with van der Waals surface area (Å²) in [4.78, 5) is 17.0. The molecule has 0 saturated carbocycles. The molecular formula is C18H26N4OS. The van der Waals surface area contributed by atoms with Gasteiger partial charge in [-0.25, -0.2) is 4.98 Å². The highest BCUT2D eigenvalue weighted by Crippen LogP contribution is 2.27. The second-order valence-electron chi connectivity index (χ2n) is 7.21. The monoisotopic (exact) mass is 346 g/mol. The minimum atomic E-state index is -0.283. The Morgan fingerprint density at radius 2 is 1.88 bits per heavy atom. The molecule has 1 aromatic carbocycles. The second-order valence-corrected chi connectivity index (χ2v) is 8.52. The molecule has 2 aromatic rings. The highest BCUT2D eigenvalue weighted by Gasteiger charge is 2.22. The lowest BCUT2D eigenvalue weighted by Gasteiger charge is -2.15. The Morgan fingerprint density at radius 1 is 1.21 bits per heavy atom. The Bertz CT molecular complexity index is 703. The molecular weight excluding hydrogens is 320 g/mol. The molecule has 1 amide bonds. The number of carbonyl (C=O) groups is 1. The Morgan fingerprint density at radius 3 is 2.46 bits per heavy atom. The van der Waals surface area contributed by atoms with Gasteiger partial charge in [-0.2, -0.15) is 0 Å². The number of rotatable bonds is 5. The van der Waals surface area contributed by atoms with Crippen LogP contribution in [0.15, 0.2) is 29.4 Å². The summed E-state index contributed by atoms with van der Waals surface area (Å²) in [6.45, 7) is 12.3. The number of anilines is 1. The number of hydrogen-bond donors (Lipinski definition) is 2. The number of para-hydroxylation sites is 1. The van der Waals surface area contributed by atoms with Crippen LogP contribution in [0.2, 0.25) is 0 Å².